The molecular weight excluding hydrogens is 248 g/mol. The van der Waals surface area contributed by atoms with Crippen LogP contribution in [0.2, 0.25) is 0 Å². The Kier molecular flexibility index (Phi) is 15.8. The van der Waals surface area contributed by atoms with Crippen LogP contribution < -0.4 is 0 Å². The van der Waals surface area contributed by atoms with Gasteiger partial charge in [0.2, 0.25) is 0 Å². The first-order valence-corrected chi connectivity index (χ1v) is 7.65. The molecule has 15 heavy (non-hydrogen) atoms. The Morgan fingerprint density at radius 3 is 1.33 bits per heavy atom. The molecule has 5 heteroatoms. The molecule has 0 aromatic rings. The lowest BCUT2D eigenvalue weighted by molar-refractivity contribution is 0.410. The van der Waals surface area contributed by atoms with Crippen molar-refractivity contribution in [3.8, 4) is 0 Å². The number of halogens is 1. The highest BCUT2D eigenvalue weighted by Gasteiger charge is 1.94. The lowest BCUT2D eigenvalue weighted by Gasteiger charge is -2.09. The molecule has 0 atom stereocenters. The average molecular weight is 273 g/mol. The fourth-order valence-electron chi connectivity index (χ4n) is 0.997. The Balaban J connectivity index is 0. The first kappa shape index (κ1) is 18.3. The van der Waals surface area contributed by atoms with Crippen LogP contribution in [0.15, 0.2) is 0 Å². The summed E-state index contributed by atoms with van der Waals surface area (Å²) in [4.78, 5) is 4.49. The maximum Gasteiger partial charge on any atom is 0.00491 e. The molecule has 0 N–H and O–H groups in total. The average Bonchev–Trinajstić information content (AvgIpc) is 2.08. The molecule has 0 saturated carbocycles. The Bertz CT molecular complexity index is 110. The van der Waals surface area contributed by atoms with Gasteiger partial charge in [-0.1, -0.05) is 21.6 Å². The van der Waals surface area contributed by atoms with E-state index in [1.165, 1.54) is 37.4 Å². The Morgan fingerprint density at radius 1 is 0.733 bits per heavy atom. The minimum absolute atomic E-state index is 0. The number of nitrogens with zero attached hydrogens (tertiary/aromatic N) is 2. The lowest BCUT2D eigenvalue weighted by atomic mass is 10.5. The fourth-order valence-corrected chi connectivity index (χ4v) is 3.14. The van der Waals surface area contributed by atoms with Gasteiger partial charge in [0.05, 0.1) is 0 Å². The van der Waals surface area contributed by atoms with Crippen LogP contribution in [0.1, 0.15) is 12.8 Å². The Morgan fingerprint density at radius 2 is 1.07 bits per heavy atom. The van der Waals surface area contributed by atoms with E-state index >= 15 is 0 Å². The van der Waals surface area contributed by atoms with Gasteiger partial charge in [0, 0.05) is 11.5 Å². The summed E-state index contributed by atoms with van der Waals surface area (Å²) < 4.78 is 0. The molecule has 0 fully saturated rings. The summed E-state index contributed by atoms with van der Waals surface area (Å²) >= 11 is 0. The van der Waals surface area contributed by atoms with E-state index in [1.54, 1.807) is 0 Å². The number of hydrogen-bond acceptors (Lipinski definition) is 4. The standard InChI is InChI=1S/C10H24N2S2.ClH/c1-11(2)7-5-9-13-14-10-6-8-12(3)4;/h5-10H2,1-4H3;1H. The molecule has 0 aromatic carbocycles. The van der Waals surface area contributed by atoms with E-state index in [-0.39, 0.29) is 12.4 Å². The first-order valence-electron chi connectivity index (χ1n) is 5.17. The largest absolute Gasteiger partial charge is 0.309 e. The highest BCUT2D eigenvalue weighted by molar-refractivity contribution is 8.76. The SMILES string of the molecule is CN(C)CCCSSCCCN(C)C.Cl. The van der Waals surface area contributed by atoms with E-state index in [0.29, 0.717) is 0 Å². The van der Waals surface area contributed by atoms with Gasteiger partial charge in [-0.15, -0.1) is 12.4 Å². The van der Waals surface area contributed by atoms with Crippen molar-refractivity contribution in [2.24, 2.45) is 0 Å². The Hall–Kier alpha value is 0.910. The van der Waals surface area contributed by atoms with Crippen LogP contribution in [0, 0.1) is 0 Å². The maximum atomic E-state index is 2.25. The summed E-state index contributed by atoms with van der Waals surface area (Å²) in [6, 6.07) is 0. The van der Waals surface area contributed by atoms with Gasteiger partial charge in [-0.05, 0) is 54.1 Å². The van der Waals surface area contributed by atoms with Crippen molar-refractivity contribution in [3.05, 3.63) is 0 Å². The molecular formula is C10H25ClN2S2. The van der Waals surface area contributed by atoms with E-state index < -0.39 is 0 Å². The smallest absolute Gasteiger partial charge is 0.00491 e. The van der Waals surface area contributed by atoms with Gasteiger partial charge in [-0.25, -0.2) is 0 Å². The minimum atomic E-state index is 0. The predicted molar refractivity (Wildman–Crippen MR) is 78.5 cm³/mol. The van der Waals surface area contributed by atoms with Crippen molar-refractivity contribution in [3.63, 3.8) is 0 Å². The molecule has 0 aliphatic heterocycles. The van der Waals surface area contributed by atoms with E-state index in [0.717, 1.165) is 0 Å². The third-order valence-electron chi connectivity index (χ3n) is 1.75. The molecule has 0 aliphatic rings. The Labute approximate surface area is 109 Å². The summed E-state index contributed by atoms with van der Waals surface area (Å²) in [5.74, 6) is 2.57. The molecule has 0 rings (SSSR count). The lowest BCUT2D eigenvalue weighted by Crippen LogP contribution is -2.13. The minimum Gasteiger partial charge on any atom is -0.309 e. The van der Waals surface area contributed by atoms with Crippen LogP contribution in [0.4, 0.5) is 0 Å². The number of hydrogen-bond donors (Lipinski definition) is 0. The van der Waals surface area contributed by atoms with Gasteiger partial charge in [0.1, 0.15) is 0 Å². The van der Waals surface area contributed by atoms with E-state index in [9.17, 15) is 0 Å². The molecule has 0 aromatic heterocycles. The van der Waals surface area contributed by atoms with Crippen molar-refractivity contribution in [1.82, 2.24) is 9.80 Å². The number of rotatable bonds is 9. The third-order valence-corrected chi connectivity index (χ3v) is 4.33. The molecule has 0 radical (unpaired) electrons. The normalized spacial score (nSPS) is 10.8. The molecule has 0 heterocycles. The van der Waals surface area contributed by atoms with Crippen molar-refractivity contribution >= 4 is 34.0 Å². The van der Waals surface area contributed by atoms with Gasteiger partial charge in [-0.3, -0.25) is 0 Å². The second kappa shape index (κ2) is 13.0. The van der Waals surface area contributed by atoms with Crippen LogP contribution >= 0.6 is 34.0 Å². The third kappa shape index (κ3) is 17.5. The second-order valence-electron chi connectivity index (χ2n) is 3.96. The summed E-state index contributed by atoms with van der Waals surface area (Å²) in [5.41, 5.74) is 0. The zero-order chi connectivity index (χ0) is 10.8. The highest BCUT2D eigenvalue weighted by atomic mass is 35.5. The van der Waals surface area contributed by atoms with E-state index in [1.807, 2.05) is 21.6 Å². The zero-order valence-electron chi connectivity index (χ0n) is 10.4. The molecule has 0 saturated heterocycles. The van der Waals surface area contributed by atoms with Gasteiger partial charge >= 0.3 is 0 Å². The molecule has 94 valence electrons. The van der Waals surface area contributed by atoms with Crippen molar-refractivity contribution < 1.29 is 0 Å². The molecule has 2 nitrogen and oxygen atoms in total. The van der Waals surface area contributed by atoms with Crippen LogP contribution in [0.25, 0.3) is 0 Å². The molecule has 0 aliphatic carbocycles. The van der Waals surface area contributed by atoms with Crippen molar-refractivity contribution in [1.29, 1.82) is 0 Å². The summed E-state index contributed by atoms with van der Waals surface area (Å²) in [5, 5.41) is 0. The van der Waals surface area contributed by atoms with Gasteiger partial charge in [0.25, 0.3) is 0 Å². The van der Waals surface area contributed by atoms with Crippen molar-refractivity contribution in [2.75, 3.05) is 52.8 Å². The van der Waals surface area contributed by atoms with Crippen molar-refractivity contribution in [2.45, 2.75) is 12.8 Å². The van der Waals surface area contributed by atoms with Crippen LogP contribution in [0.5, 0.6) is 0 Å². The summed E-state index contributed by atoms with van der Waals surface area (Å²) in [7, 11) is 12.6. The monoisotopic (exact) mass is 272 g/mol. The van der Waals surface area contributed by atoms with Crippen LogP contribution in [0.3, 0.4) is 0 Å². The maximum absolute atomic E-state index is 2.25. The topological polar surface area (TPSA) is 6.48 Å². The van der Waals surface area contributed by atoms with Crippen LogP contribution in [-0.2, 0) is 0 Å². The highest BCUT2D eigenvalue weighted by Crippen LogP contribution is 2.22. The zero-order valence-corrected chi connectivity index (χ0v) is 12.8. The molecule has 0 amide bonds. The molecule has 0 unspecified atom stereocenters. The summed E-state index contributed by atoms with van der Waals surface area (Å²) in [6.07, 6.45) is 2.61. The quantitative estimate of drug-likeness (QED) is 0.470. The second-order valence-corrected chi connectivity index (χ2v) is 6.66. The first-order chi connectivity index (χ1) is 6.63. The molecule has 0 spiro atoms. The summed E-state index contributed by atoms with van der Waals surface area (Å²) in [6.45, 7) is 2.43. The van der Waals surface area contributed by atoms with Gasteiger partial charge in [-0.2, -0.15) is 0 Å². The van der Waals surface area contributed by atoms with Gasteiger partial charge in [0.15, 0.2) is 0 Å². The van der Waals surface area contributed by atoms with Gasteiger partial charge < -0.3 is 9.80 Å². The predicted octanol–water partition coefficient (Wildman–Crippen LogP) is 2.69. The molecule has 0 bridgehead atoms. The van der Waals surface area contributed by atoms with Crippen LogP contribution in [-0.4, -0.2) is 62.6 Å². The van der Waals surface area contributed by atoms with E-state index in [2.05, 4.69) is 38.0 Å². The van der Waals surface area contributed by atoms with E-state index in [4.69, 9.17) is 0 Å². The fraction of sp³-hybridized carbons (Fsp3) is 1.00.